The summed E-state index contributed by atoms with van der Waals surface area (Å²) in [6, 6.07) is 2.74. The van der Waals surface area contributed by atoms with Crippen molar-refractivity contribution >= 4 is 27.4 Å². The quantitative estimate of drug-likeness (QED) is 0.854. The molecule has 21 heavy (non-hydrogen) atoms. The number of hydrogen-bond acceptors (Lipinski definition) is 5. The van der Waals surface area contributed by atoms with E-state index in [1.807, 2.05) is 0 Å². The van der Waals surface area contributed by atoms with Crippen molar-refractivity contribution in [3.63, 3.8) is 0 Å². The van der Waals surface area contributed by atoms with Crippen LogP contribution in [0.1, 0.15) is 19.3 Å². The van der Waals surface area contributed by atoms with Crippen LogP contribution in [0.4, 0.5) is 5.69 Å². The molecule has 1 amide bonds. The number of rotatable bonds is 4. The maximum Gasteiger partial charge on any atom is 0.307 e. The lowest BCUT2D eigenvalue weighted by Crippen LogP contribution is -2.30. The lowest BCUT2D eigenvalue weighted by atomic mass is 9.95. The number of sulfone groups is 1. The molecule has 0 spiro atoms. The third kappa shape index (κ3) is 3.57. The highest BCUT2D eigenvalue weighted by molar-refractivity contribution is 7.90. The molecule has 1 aromatic rings. The second-order valence-corrected chi connectivity index (χ2v) is 7.09. The molecule has 0 aromatic carbocycles. The van der Waals surface area contributed by atoms with E-state index in [9.17, 15) is 18.0 Å². The number of aliphatic carboxylic acids is 1. The van der Waals surface area contributed by atoms with E-state index in [1.165, 1.54) is 18.3 Å². The van der Waals surface area contributed by atoms with Crippen LogP contribution in [0, 0.1) is 11.8 Å². The molecule has 0 unspecified atom stereocenters. The van der Waals surface area contributed by atoms with Crippen LogP contribution in [0.2, 0.25) is 0 Å². The summed E-state index contributed by atoms with van der Waals surface area (Å²) >= 11 is 0. The molecule has 7 nitrogen and oxygen atoms in total. The van der Waals surface area contributed by atoms with Gasteiger partial charge in [0.15, 0.2) is 14.9 Å². The van der Waals surface area contributed by atoms with E-state index >= 15 is 0 Å². The molecule has 8 heteroatoms. The molecule has 2 atom stereocenters. The van der Waals surface area contributed by atoms with E-state index in [-0.39, 0.29) is 10.9 Å². The highest BCUT2D eigenvalue weighted by Gasteiger charge is 2.37. The van der Waals surface area contributed by atoms with Crippen LogP contribution in [0.25, 0.3) is 0 Å². The van der Waals surface area contributed by atoms with Crippen molar-refractivity contribution < 1.29 is 23.1 Å². The number of carbonyl (C=O) groups excluding carboxylic acids is 1. The molecular formula is C13H16N2O5S. The Kier molecular flexibility index (Phi) is 4.26. The number of hydrogen-bond donors (Lipinski definition) is 2. The van der Waals surface area contributed by atoms with Gasteiger partial charge in [-0.1, -0.05) is 6.42 Å². The summed E-state index contributed by atoms with van der Waals surface area (Å²) < 4.78 is 22.6. The average molecular weight is 312 g/mol. The molecule has 114 valence electrons. The van der Waals surface area contributed by atoms with Crippen LogP contribution in [-0.2, 0) is 19.4 Å². The Morgan fingerprint density at radius 1 is 1.29 bits per heavy atom. The summed E-state index contributed by atoms with van der Waals surface area (Å²) in [5, 5.41) is 11.6. The Morgan fingerprint density at radius 2 is 1.95 bits per heavy atom. The number of pyridine rings is 1. The molecule has 2 rings (SSSR count). The van der Waals surface area contributed by atoms with Gasteiger partial charge >= 0.3 is 5.97 Å². The zero-order valence-electron chi connectivity index (χ0n) is 11.4. The minimum Gasteiger partial charge on any atom is -0.481 e. The van der Waals surface area contributed by atoms with E-state index in [4.69, 9.17) is 5.11 Å². The van der Waals surface area contributed by atoms with Crippen molar-refractivity contribution in [3.8, 4) is 0 Å². The Hall–Kier alpha value is -1.96. The van der Waals surface area contributed by atoms with Gasteiger partial charge in [0.2, 0.25) is 5.91 Å². The van der Waals surface area contributed by atoms with Crippen LogP contribution in [0.3, 0.4) is 0 Å². The summed E-state index contributed by atoms with van der Waals surface area (Å²) in [5.41, 5.74) is 0.350. The zero-order valence-corrected chi connectivity index (χ0v) is 12.3. The second-order valence-electron chi connectivity index (χ2n) is 5.13. The van der Waals surface area contributed by atoms with Gasteiger partial charge in [0, 0.05) is 6.26 Å². The first kappa shape index (κ1) is 15.4. The monoisotopic (exact) mass is 312 g/mol. The number of nitrogens with zero attached hydrogens (tertiary/aromatic N) is 1. The van der Waals surface area contributed by atoms with Crippen molar-refractivity contribution in [1.29, 1.82) is 0 Å². The Balaban J connectivity index is 2.08. The average Bonchev–Trinajstić information content (AvgIpc) is 2.87. The van der Waals surface area contributed by atoms with Gasteiger partial charge < -0.3 is 10.4 Å². The Labute approximate surface area is 122 Å². The summed E-state index contributed by atoms with van der Waals surface area (Å²) in [4.78, 5) is 26.9. The number of nitrogens with one attached hydrogen (secondary N) is 1. The van der Waals surface area contributed by atoms with Gasteiger partial charge in [-0.3, -0.25) is 9.59 Å². The highest BCUT2D eigenvalue weighted by Crippen LogP contribution is 2.32. The highest BCUT2D eigenvalue weighted by atomic mass is 32.2. The van der Waals surface area contributed by atoms with Crippen LogP contribution in [-0.4, -0.2) is 36.6 Å². The van der Waals surface area contributed by atoms with Crippen LogP contribution < -0.4 is 5.32 Å². The molecule has 0 radical (unpaired) electrons. The van der Waals surface area contributed by atoms with Gasteiger partial charge in [-0.15, -0.1) is 0 Å². The van der Waals surface area contributed by atoms with Crippen LogP contribution in [0.5, 0.6) is 0 Å². The predicted octanol–water partition coefficient (Wildman–Crippen LogP) is 0.925. The summed E-state index contributed by atoms with van der Waals surface area (Å²) in [5.74, 6) is -2.54. The molecule has 1 heterocycles. The van der Waals surface area contributed by atoms with Crippen LogP contribution >= 0.6 is 0 Å². The van der Waals surface area contributed by atoms with Gasteiger partial charge in [0.05, 0.1) is 23.7 Å². The first-order valence-electron chi connectivity index (χ1n) is 6.49. The van der Waals surface area contributed by atoms with Gasteiger partial charge in [0.1, 0.15) is 0 Å². The Bertz CT molecular complexity index is 654. The molecule has 1 fully saturated rings. The smallest absolute Gasteiger partial charge is 0.307 e. The van der Waals surface area contributed by atoms with Crippen molar-refractivity contribution in [2.45, 2.75) is 24.3 Å². The molecule has 0 saturated heterocycles. The number of aromatic nitrogens is 1. The number of amides is 1. The lowest BCUT2D eigenvalue weighted by molar-refractivity contribution is -0.145. The molecule has 1 aliphatic rings. The maximum absolute atomic E-state index is 12.1. The first-order chi connectivity index (χ1) is 9.79. The molecule has 1 aromatic heterocycles. The standard InChI is InChI=1S/C13H16N2O5S/c1-21(19,20)11-6-5-8(7-14-11)15-12(16)9-3-2-4-10(9)13(17)18/h5-7,9-10H,2-4H2,1H3,(H,15,16)(H,17,18)/t9-,10+/m1/s1. The minimum atomic E-state index is -3.39. The topological polar surface area (TPSA) is 113 Å². The fourth-order valence-corrected chi connectivity index (χ4v) is 3.04. The normalized spacial score (nSPS) is 22.0. The minimum absolute atomic E-state index is 0.0789. The third-order valence-electron chi connectivity index (χ3n) is 3.55. The molecule has 1 saturated carbocycles. The number of anilines is 1. The first-order valence-corrected chi connectivity index (χ1v) is 8.38. The van der Waals surface area contributed by atoms with E-state index in [2.05, 4.69) is 10.3 Å². The molecule has 0 aliphatic heterocycles. The summed E-state index contributed by atoms with van der Waals surface area (Å²) in [6.45, 7) is 0. The van der Waals surface area contributed by atoms with Gasteiger partial charge in [0.25, 0.3) is 0 Å². The maximum atomic E-state index is 12.1. The number of carboxylic acids is 1. The van der Waals surface area contributed by atoms with E-state index in [0.717, 1.165) is 6.26 Å². The number of carbonyl (C=O) groups is 2. The lowest BCUT2D eigenvalue weighted by Gasteiger charge is -2.15. The Morgan fingerprint density at radius 3 is 2.48 bits per heavy atom. The molecule has 2 N–H and O–H groups in total. The molecule has 0 bridgehead atoms. The fraction of sp³-hybridized carbons (Fsp3) is 0.462. The van der Waals surface area contributed by atoms with Crippen molar-refractivity contribution in [1.82, 2.24) is 4.98 Å². The van der Waals surface area contributed by atoms with Gasteiger partial charge in [-0.25, -0.2) is 13.4 Å². The van der Waals surface area contributed by atoms with E-state index in [1.54, 1.807) is 0 Å². The predicted molar refractivity (Wildman–Crippen MR) is 74.4 cm³/mol. The van der Waals surface area contributed by atoms with Crippen molar-refractivity contribution in [3.05, 3.63) is 18.3 Å². The van der Waals surface area contributed by atoms with Gasteiger partial charge in [-0.05, 0) is 25.0 Å². The van der Waals surface area contributed by atoms with E-state index < -0.39 is 27.6 Å². The van der Waals surface area contributed by atoms with E-state index in [0.29, 0.717) is 24.9 Å². The van der Waals surface area contributed by atoms with Crippen molar-refractivity contribution in [2.75, 3.05) is 11.6 Å². The van der Waals surface area contributed by atoms with Gasteiger partial charge in [-0.2, -0.15) is 0 Å². The summed E-state index contributed by atoms with van der Waals surface area (Å²) in [7, 11) is -3.39. The zero-order chi connectivity index (χ0) is 15.6. The van der Waals surface area contributed by atoms with Crippen molar-refractivity contribution in [2.24, 2.45) is 11.8 Å². The second kappa shape index (κ2) is 5.80. The van der Waals surface area contributed by atoms with Crippen LogP contribution in [0.15, 0.2) is 23.4 Å². The largest absolute Gasteiger partial charge is 0.481 e. The molecule has 1 aliphatic carbocycles. The fourth-order valence-electron chi connectivity index (χ4n) is 2.48. The number of carboxylic acid groups (broad SMARTS) is 1. The summed E-state index contributed by atoms with van der Waals surface area (Å²) in [6.07, 6.45) is 4.04. The SMILES string of the molecule is CS(=O)(=O)c1ccc(NC(=O)[C@@H]2CCC[C@@H]2C(=O)O)cn1. The third-order valence-corrected chi connectivity index (χ3v) is 4.55. The molecular weight excluding hydrogens is 296 g/mol.